The predicted octanol–water partition coefficient (Wildman–Crippen LogP) is 1.34. The van der Waals surface area contributed by atoms with Gasteiger partial charge in [0, 0.05) is 19.6 Å². The predicted molar refractivity (Wildman–Crippen MR) is 57.6 cm³/mol. The van der Waals surface area contributed by atoms with Gasteiger partial charge in [-0.1, -0.05) is 5.21 Å². The van der Waals surface area contributed by atoms with Gasteiger partial charge in [-0.15, -0.1) is 5.10 Å². The van der Waals surface area contributed by atoms with E-state index < -0.39 is 0 Å². The molecule has 0 saturated heterocycles. The number of aromatic nitrogens is 3. The third-order valence-electron chi connectivity index (χ3n) is 2.88. The standard InChI is InChI=1S/C10H18N4O/c1-7(5-6-15-2)14-9(8-3-4-8)10(11)12-13-14/h7-8H,3-6,11H2,1-2H3. The van der Waals surface area contributed by atoms with Crippen molar-refractivity contribution >= 4 is 5.82 Å². The number of ether oxygens (including phenoxy) is 1. The molecule has 1 saturated carbocycles. The minimum absolute atomic E-state index is 0.311. The van der Waals surface area contributed by atoms with Gasteiger partial charge in [-0.05, 0) is 26.2 Å². The van der Waals surface area contributed by atoms with Gasteiger partial charge in [-0.25, -0.2) is 4.68 Å². The Kier molecular flexibility index (Phi) is 2.90. The fourth-order valence-corrected chi connectivity index (χ4v) is 1.80. The van der Waals surface area contributed by atoms with Gasteiger partial charge in [0.05, 0.1) is 11.7 Å². The highest BCUT2D eigenvalue weighted by Crippen LogP contribution is 2.42. The van der Waals surface area contributed by atoms with Crippen LogP contribution < -0.4 is 5.73 Å². The molecule has 0 spiro atoms. The van der Waals surface area contributed by atoms with Crippen molar-refractivity contribution < 1.29 is 4.74 Å². The monoisotopic (exact) mass is 210 g/mol. The second-order valence-electron chi connectivity index (χ2n) is 4.21. The molecule has 84 valence electrons. The number of hydrogen-bond donors (Lipinski definition) is 1. The summed E-state index contributed by atoms with van der Waals surface area (Å²) in [6.45, 7) is 2.87. The molecule has 2 rings (SSSR count). The Bertz CT molecular complexity index is 332. The van der Waals surface area contributed by atoms with Gasteiger partial charge in [0.15, 0.2) is 5.82 Å². The van der Waals surface area contributed by atoms with Crippen LogP contribution in [0, 0.1) is 0 Å². The maximum absolute atomic E-state index is 5.82. The normalized spacial score (nSPS) is 18.0. The van der Waals surface area contributed by atoms with E-state index in [2.05, 4.69) is 17.2 Å². The van der Waals surface area contributed by atoms with Crippen LogP contribution in [0.1, 0.15) is 43.8 Å². The molecule has 1 atom stereocenters. The summed E-state index contributed by atoms with van der Waals surface area (Å²) in [5, 5.41) is 8.07. The van der Waals surface area contributed by atoms with E-state index in [0.717, 1.165) is 18.7 Å². The highest BCUT2D eigenvalue weighted by molar-refractivity contribution is 5.38. The van der Waals surface area contributed by atoms with Gasteiger partial charge in [0.1, 0.15) is 0 Å². The Morgan fingerprint density at radius 2 is 2.33 bits per heavy atom. The second-order valence-corrected chi connectivity index (χ2v) is 4.21. The van der Waals surface area contributed by atoms with E-state index in [1.165, 1.54) is 12.8 Å². The maximum Gasteiger partial charge on any atom is 0.169 e. The van der Waals surface area contributed by atoms with Crippen LogP contribution in [0.4, 0.5) is 5.82 Å². The van der Waals surface area contributed by atoms with Crippen molar-refractivity contribution in [3.8, 4) is 0 Å². The zero-order valence-corrected chi connectivity index (χ0v) is 9.31. The van der Waals surface area contributed by atoms with Gasteiger partial charge < -0.3 is 10.5 Å². The molecular formula is C10H18N4O. The molecule has 1 heterocycles. The average Bonchev–Trinajstić information content (AvgIpc) is 2.99. The maximum atomic E-state index is 5.82. The third-order valence-corrected chi connectivity index (χ3v) is 2.88. The first-order valence-electron chi connectivity index (χ1n) is 5.43. The summed E-state index contributed by atoms with van der Waals surface area (Å²) in [4.78, 5) is 0. The second kappa shape index (κ2) is 4.18. The SMILES string of the molecule is COCCC(C)n1nnc(N)c1C1CC1. The van der Waals surface area contributed by atoms with Crippen LogP contribution in [-0.4, -0.2) is 28.7 Å². The molecule has 2 N–H and O–H groups in total. The smallest absolute Gasteiger partial charge is 0.169 e. The topological polar surface area (TPSA) is 66.0 Å². The van der Waals surface area contributed by atoms with Crippen LogP contribution in [0.3, 0.4) is 0 Å². The molecule has 1 aromatic heterocycles. The first-order valence-corrected chi connectivity index (χ1v) is 5.43. The Morgan fingerprint density at radius 3 is 2.93 bits per heavy atom. The van der Waals surface area contributed by atoms with Crippen LogP contribution in [0.5, 0.6) is 0 Å². The third kappa shape index (κ3) is 2.12. The van der Waals surface area contributed by atoms with Crippen molar-refractivity contribution in [2.75, 3.05) is 19.5 Å². The summed E-state index contributed by atoms with van der Waals surface area (Å²) in [6.07, 6.45) is 3.38. The lowest BCUT2D eigenvalue weighted by atomic mass is 10.2. The summed E-state index contributed by atoms with van der Waals surface area (Å²) in [5.74, 6) is 1.19. The number of rotatable bonds is 5. The number of nitrogens with zero attached hydrogens (tertiary/aromatic N) is 3. The van der Waals surface area contributed by atoms with Crippen molar-refractivity contribution in [1.82, 2.24) is 15.0 Å². The van der Waals surface area contributed by atoms with Crippen LogP contribution >= 0.6 is 0 Å². The summed E-state index contributed by atoms with van der Waals surface area (Å²) < 4.78 is 7.03. The van der Waals surface area contributed by atoms with E-state index in [1.54, 1.807) is 7.11 Å². The summed E-state index contributed by atoms with van der Waals surface area (Å²) in [5.41, 5.74) is 6.95. The minimum Gasteiger partial charge on any atom is -0.385 e. The van der Waals surface area contributed by atoms with E-state index in [-0.39, 0.29) is 0 Å². The molecule has 0 aliphatic heterocycles. The average molecular weight is 210 g/mol. The Balaban J connectivity index is 2.12. The van der Waals surface area contributed by atoms with Crippen molar-refractivity contribution in [2.24, 2.45) is 0 Å². The molecule has 1 unspecified atom stereocenters. The first kappa shape index (κ1) is 10.4. The lowest BCUT2D eigenvalue weighted by molar-refractivity contribution is 0.177. The molecule has 1 aliphatic rings. The fourth-order valence-electron chi connectivity index (χ4n) is 1.80. The minimum atomic E-state index is 0.311. The summed E-state index contributed by atoms with van der Waals surface area (Å²) in [7, 11) is 1.71. The lowest BCUT2D eigenvalue weighted by Crippen LogP contribution is -2.12. The van der Waals surface area contributed by atoms with Crippen LogP contribution in [0.15, 0.2) is 0 Å². The summed E-state index contributed by atoms with van der Waals surface area (Å²) >= 11 is 0. The van der Waals surface area contributed by atoms with E-state index in [4.69, 9.17) is 10.5 Å². The molecule has 1 aromatic rings. The molecule has 5 heteroatoms. The Labute approximate surface area is 89.6 Å². The number of nitrogens with two attached hydrogens (primary N) is 1. The molecule has 0 bridgehead atoms. The van der Waals surface area contributed by atoms with Gasteiger partial charge in [0.25, 0.3) is 0 Å². The molecule has 0 amide bonds. The Morgan fingerprint density at radius 1 is 1.60 bits per heavy atom. The molecule has 15 heavy (non-hydrogen) atoms. The molecule has 5 nitrogen and oxygen atoms in total. The molecule has 1 fully saturated rings. The van der Waals surface area contributed by atoms with E-state index >= 15 is 0 Å². The van der Waals surface area contributed by atoms with Crippen LogP contribution in [0.2, 0.25) is 0 Å². The van der Waals surface area contributed by atoms with Gasteiger partial charge in [-0.2, -0.15) is 0 Å². The summed E-state index contributed by atoms with van der Waals surface area (Å²) in [6, 6.07) is 0.311. The number of nitrogen functional groups attached to an aromatic ring is 1. The van der Waals surface area contributed by atoms with E-state index in [0.29, 0.717) is 17.8 Å². The van der Waals surface area contributed by atoms with Gasteiger partial charge in [-0.3, -0.25) is 0 Å². The lowest BCUT2D eigenvalue weighted by Gasteiger charge is -2.13. The van der Waals surface area contributed by atoms with Gasteiger partial charge in [0.2, 0.25) is 0 Å². The zero-order valence-electron chi connectivity index (χ0n) is 9.31. The van der Waals surface area contributed by atoms with Gasteiger partial charge >= 0.3 is 0 Å². The van der Waals surface area contributed by atoms with Crippen molar-refractivity contribution in [3.63, 3.8) is 0 Å². The van der Waals surface area contributed by atoms with E-state index in [1.807, 2.05) is 4.68 Å². The zero-order chi connectivity index (χ0) is 10.8. The van der Waals surface area contributed by atoms with Crippen LogP contribution in [0.25, 0.3) is 0 Å². The number of anilines is 1. The fraction of sp³-hybridized carbons (Fsp3) is 0.800. The highest BCUT2D eigenvalue weighted by Gasteiger charge is 2.31. The largest absolute Gasteiger partial charge is 0.385 e. The quantitative estimate of drug-likeness (QED) is 0.796. The molecule has 1 aliphatic carbocycles. The molecule has 0 aromatic carbocycles. The first-order chi connectivity index (χ1) is 7.24. The molecule has 0 radical (unpaired) electrons. The number of methoxy groups -OCH3 is 1. The van der Waals surface area contributed by atoms with Crippen molar-refractivity contribution in [1.29, 1.82) is 0 Å². The molecular weight excluding hydrogens is 192 g/mol. The van der Waals surface area contributed by atoms with Crippen molar-refractivity contribution in [2.45, 2.75) is 38.1 Å². The van der Waals surface area contributed by atoms with Crippen molar-refractivity contribution in [3.05, 3.63) is 5.69 Å². The number of hydrogen-bond acceptors (Lipinski definition) is 4. The highest BCUT2D eigenvalue weighted by atomic mass is 16.5. The van der Waals surface area contributed by atoms with Crippen LogP contribution in [-0.2, 0) is 4.74 Å². The Hall–Kier alpha value is -1.10. The van der Waals surface area contributed by atoms with E-state index in [9.17, 15) is 0 Å².